The molecule has 0 spiro atoms. The summed E-state index contributed by atoms with van der Waals surface area (Å²) in [5, 5.41) is 0. The second-order valence-electron chi connectivity index (χ2n) is 8.76. The molecule has 30 heavy (non-hydrogen) atoms. The summed E-state index contributed by atoms with van der Waals surface area (Å²) < 4.78 is 2.13. The van der Waals surface area contributed by atoms with Gasteiger partial charge in [-0.15, -0.1) is 11.3 Å². The Balaban J connectivity index is 1.25. The Morgan fingerprint density at radius 2 is 1.73 bits per heavy atom. The maximum atomic E-state index is 13.1. The van der Waals surface area contributed by atoms with Crippen molar-refractivity contribution < 1.29 is 9.59 Å². The average Bonchev–Trinajstić information content (AvgIpc) is 3.50. The summed E-state index contributed by atoms with van der Waals surface area (Å²) in [4.78, 5) is 32.3. The predicted octanol–water partition coefficient (Wildman–Crippen LogP) is 6.06. The zero-order chi connectivity index (χ0) is 20.7. The van der Waals surface area contributed by atoms with Crippen molar-refractivity contribution in [2.24, 2.45) is 23.7 Å². The first-order valence-electron chi connectivity index (χ1n) is 11.3. The number of imide groups is 1. The van der Waals surface area contributed by atoms with Gasteiger partial charge in [0.2, 0.25) is 11.8 Å². The van der Waals surface area contributed by atoms with E-state index in [1.54, 1.807) is 11.3 Å². The molecule has 4 nitrogen and oxygen atoms in total. The van der Waals surface area contributed by atoms with Crippen LogP contribution in [-0.2, 0) is 9.59 Å². The minimum Gasteiger partial charge on any atom is -0.274 e. The number of rotatable bonds is 9. The van der Waals surface area contributed by atoms with Gasteiger partial charge in [-0.05, 0) is 42.9 Å². The Morgan fingerprint density at radius 3 is 2.47 bits per heavy atom. The van der Waals surface area contributed by atoms with Crippen LogP contribution in [-0.4, -0.2) is 22.6 Å². The summed E-state index contributed by atoms with van der Waals surface area (Å²) >= 11 is 3.49. The fourth-order valence-corrected chi connectivity index (χ4v) is 7.46. The van der Waals surface area contributed by atoms with Gasteiger partial charge in [0.15, 0.2) is 4.34 Å². The van der Waals surface area contributed by atoms with Crippen LogP contribution in [0.1, 0.15) is 51.9 Å². The summed E-state index contributed by atoms with van der Waals surface area (Å²) in [7, 11) is 0. The van der Waals surface area contributed by atoms with E-state index in [-0.39, 0.29) is 35.5 Å². The molecule has 1 aromatic heterocycles. The fourth-order valence-electron chi connectivity index (χ4n) is 5.29. The van der Waals surface area contributed by atoms with Crippen molar-refractivity contribution in [2.75, 3.05) is 10.7 Å². The van der Waals surface area contributed by atoms with Crippen molar-refractivity contribution >= 4 is 50.8 Å². The number of anilines is 1. The molecule has 1 saturated heterocycles. The van der Waals surface area contributed by atoms with E-state index in [1.165, 1.54) is 43.4 Å². The van der Waals surface area contributed by atoms with Crippen LogP contribution in [0, 0.1) is 23.7 Å². The second-order valence-corrected chi connectivity index (χ2v) is 11.1. The summed E-state index contributed by atoms with van der Waals surface area (Å²) in [6, 6.07) is 5.82. The van der Waals surface area contributed by atoms with E-state index in [0.29, 0.717) is 5.69 Å². The molecule has 2 amide bonds. The molecule has 1 aromatic carbocycles. The Labute approximate surface area is 186 Å². The van der Waals surface area contributed by atoms with Crippen LogP contribution < -0.4 is 4.90 Å². The molecule has 2 fully saturated rings. The summed E-state index contributed by atoms with van der Waals surface area (Å²) in [5.41, 5.74) is 1.66. The van der Waals surface area contributed by atoms with Gasteiger partial charge < -0.3 is 0 Å². The molecule has 0 N–H and O–H groups in total. The van der Waals surface area contributed by atoms with E-state index < -0.39 is 0 Å². The Kier molecular flexibility index (Phi) is 5.71. The lowest BCUT2D eigenvalue weighted by Gasteiger charge is -2.17. The largest absolute Gasteiger partial charge is 0.274 e. The third-order valence-electron chi connectivity index (χ3n) is 6.80. The van der Waals surface area contributed by atoms with Crippen LogP contribution in [0.15, 0.2) is 34.7 Å². The second kappa shape index (κ2) is 8.46. The number of hydrogen-bond donors (Lipinski definition) is 0. The quantitative estimate of drug-likeness (QED) is 0.206. The third kappa shape index (κ3) is 3.52. The summed E-state index contributed by atoms with van der Waals surface area (Å²) in [6.45, 7) is 2.25. The minimum absolute atomic E-state index is 0.0108. The zero-order valence-electron chi connectivity index (χ0n) is 17.4. The highest BCUT2D eigenvalue weighted by Gasteiger charge is 2.59. The van der Waals surface area contributed by atoms with Crippen molar-refractivity contribution in [3.05, 3.63) is 30.4 Å². The number of amides is 2. The van der Waals surface area contributed by atoms with E-state index in [4.69, 9.17) is 4.98 Å². The fraction of sp³-hybridized carbons (Fsp3) is 0.542. The van der Waals surface area contributed by atoms with Crippen LogP contribution in [0.4, 0.5) is 5.69 Å². The zero-order valence-corrected chi connectivity index (χ0v) is 19.0. The molecule has 1 saturated carbocycles. The first kappa shape index (κ1) is 20.3. The highest BCUT2D eigenvalue weighted by atomic mass is 32.2. The van der Waals surface area contributed by atoms with Crippen molar-refractivity contribution in [1.29, 1.82) is 0 Å². The van der Waals surface area contributed by atoms with Gasteiger partial charge >= 0.3 is 0 Å². The molecule has 6 heteroatoms. The standard InChI is InChI=1S/C24H28N2O2S2/c1-2-3-4-5-6-7-12-29-24-25-18-11-10-17(14-19(18)30-24)26-22(27)20-15-8-9-16(13-15)21(20)23(26)28/h8-11,14-16,20-21H,2-7,12-13H2,1H3/t15-,16-,20-,21-/m0/s1. The van der Waals surface area contributed by atoms with Gasteiger partial charge in [-0.3, -0.25) is 9.59 Å². The number of aromatic nitrogens is 1. The van der Waals surface area contributed by atoms with Crippen LogP contribution in [0.25, 0.3) is 10.2 Å². The van der Waals surface area contributed by atoms with Crippen molar-refractivity contribution in [3.63, 3.8) is 0 Å². The third-order valence-corrected chi connectivity index (χ3v) is 9.05. The van der Waals surface area contributed by atoms with E-state index in [0.717, 1.165) is 26.7 Å². The number of thioether (sulfide) groups is 1. The van der Waals surface area contributed by atoms with Crippen LogP contribution in [0.3, 0.4) is 0 Å². The first-order chi connectivity index (χ1) is 14.7. The van der Waals surface area contributed by atoms with Crippen molar-refractivity contribution in [1.82, 2.24) is 4.98 Å². The Morgan fingerprint density at radius 1 is 1.03 bits per heavy atom. The molecule has 2 bridgehead atoms. The molecule has 158 valence electrons. The van der Waals surface area contributed by atoms with E-state index in [2.05, 4.69) is 19.1 Å². The number of hydrogen-bond acceptors (Lipinski definition) is 5. The molecule has 0 unspecified atom stereocenters. The molecular formula is C24H28N2O2S2. The minimum atomic E-state index is -0.145. The monoisotopic (exact) mass is 440 g/mol. The summed E-state index contributed by atoms with van der Waals surface area (Å²) in [6.07, 6.45) is 13.1. The van der Waals surface area contributed by atoms with Crippen molar-refractivity contribution in [2.45, 2.75) is 56.2 Å². The van der Waals surface area contributed by atoms with Gasteiger partial charge in [-0.1, -0.05) is 62.9 Å². The van der Waals surface area contributed by atoms with Gasteiger partial charge in [0.1, 0.15) is 0 Å². The maximum absolute atomic E-state index is 13.1. The van der Waals surface area contributed by atoms with Gasteiger partial charge in [-0.2, -0.15) is 0 Å². The number of thiazole rings is 1. The maximum Gasteiger partial charge on any atom is 0.238 e. The van der Waals surface area contributed by atoms with Crippen molar-refractivity contribution in [3.8, 4) is 0 Å². The van der Waals surface area contributed by atoms with E-state index in [1.807, 2.05) is 30.0 Å². The SMILES string of the molecule is CCCCCCCCSc1nc2ccc(N3C(=O)[C@@H]4[C@@H](C3=O)[C@H]3C=C[C@H]4C3)cc2s1. The molecule has 1 aliphatic heterocycles. The van der Waals surface area contributed by atoms with E-state index in [9.17, 15) is 9.59 Å². The molecule has 5 rings (SSSR count). The number of benzene rings is 1. The van der Waals surface area contributed by atoms with Gasteiger partial charge in [0.25, 0.3) is 0 Å². The molecule has 4 atom stereocenters. The molecule has 2 heterocycles. The number of carbonyl (C=O) groups excluding carboxylic acids is 2. The summed E-state index contributed by atoms with van der Waals surface area (Å²) in [5.74, 6) is 1.28. The normalized spacial score (nSPS) is 27.0. The topological polar surface area (TPSA) is 50.3 Å². The number of fused-ring (bicyclic) bond motifs is 6. The van der Waals surface area contributed by atoms with Gasteiger partial charge in [0, 0.05) is 5.75 Å². The lowest BCUT2D eigenvalue weighted by Crippen LogP contribution is -2.32. The number of unbranched alkanes of at least 4 members (excludes halogenated alkanes) is 5. The number of allylic oxidation sites excluding steroid dienone is 2. The Bertz CT molecular complexity index is 968. The molecule has 2 aromatic rings. The molecule has 0 radical (unpaired) electrons. The highest BCUT2D eigenvalue weighted by Crippen LogP contribution is 2.53. The smallest absolute Gasteiger partial charge is 0.238 e. The predicted molar refractivity (Wildman–Crippen MR) is 124 cm³/mol. The lowest BCUT2D eigenvalue weighted by atomic mass is 9.85. The van der Waals surface area contributed by atoms with Crippen LogP contribution in [0.5, 0.6) is 0 Å². The first-order valence-corrected chi connectivity index (χ1v) is 13.1. The number of nitrogens with zero attached hydrogens (tertiary/aromatic N) is 2. The lowest BCUT2D eigenvalue weighted by molar-refractivity contribution is -0.123. The average molecular weight is 441 g/mol. The highest BCUT2D eigenvalue weighted by molar-refractivity contribution is 8.01. The van der Waals surface area contributed by atoms with Crippen LogP contribution >= 0.6 is 23.1 Å². The molecular weight excluding hydrogens is 412 g/mol. The van der Waals surface area contributed by atoms with E-state index >= 15 is 0 Å². The molecule has 3 aliphatic rings. The molecule has 2 aliphatic carbocycles. The number of carbonyl (C=O) groups is 2. The van der Waals surface area contributed by atoms with Crippen LogP contribution in [0.2, 0.25) is 0 Å². The van der Waals surface area contributed by atoms with Gasteiger partial charge in [-0.25, -0.2) is 9.88 Å². The van der Waals surface area contributed by atoms with Gasteiger partial charge in [0.05, 0.1) is 27.7 Å². The Hall–Kier alpha value is -1.66.